The Morgan fingerprint density at radius 2 is 2.14 bits per heavy atom. The lowest BCUT2D eigenvalue weighted by Crippen LogP contribution is -2.33. The molecule has 1 heterocycles. The highest BCUT2D eigenvalue weighted by atomic mass is 16.4. The fourth-order valence-electron chi connectivity index (χ4n) is 1.33. The lowest BCUT2D eigenvalue weighted by molar-refractivity contribution is -0.135. The van der Waals surface area contributed by atoms with Crippen molar-refractivity contribution in [2.75, 3.05) is 11.4 Å². The predicted octanol–water partition coefficient (Wildman–Crippen LogP) is 0.530. The zero-order valence-electron chi connectivity index (χ0n) is 7.63. The van der Waals surface area contributed by atoms with Gasteiger partial charge >= 0.3 is 5.97 Å². The molecule has 0 amide bonds. The Morgan fingerprint density at radius 1 is 1.50 bits per heavy atom. The summed E-state index contributed by atoms with van der Waals surface area (Å²) in [6.07, 6.45) is 5.32. The monoisotopic (exact) mass is 193 g/mol. The van der Waals surface area contributed by atoms with Crippen LogP contribution in [-0.4, -0.2) is 33.6 Å². The lowest BCUT2D eigenvalue weighted by atomic mass is 10.5. The number of aliphatic carboxylic acids is 1. The quantitative estimate of drug-likeness (QED) is 0.755. The Hall–Kier alpha value is -1.65. The number of anilines is 1. The van der Waals surface area contributed by atoms with Crippen molar-refractivity contribution in [1.29, 1.82) is 0 Å². The second-order valence-electron chi connectivity index (χ2n) is 3.30. The van der Waals surface area contributed by atoms with Crippen molar-refractivity contribution in [3.63, 3.8) is 0 Å². The van der Waals surface area contributed by atoms with E-state index in [0.29, 0.717) is 12.0 Å². The van der Waals surface area contributed by atoms with E-state index < -0.39 is 5.97 Å². The van der Waals surface area contributed by atoms with Gasteiger partial charge in [-0.15, -0.1) is 0 Å². The number of aromatic nitrogens is 2. The summed E-state index contributed by atoms with van der Waals surface area (Å²) in [6, 6.07) is 2.03. The standard InChI is InChI=1S/C9H11N3O2/c13-8(14)6-12(7-2-3-7)9-10-4-1-5-11-9/h1,4-5,7H,2-3,6H2,(H,13,14). The predicted molar refractivity (Wildman–Crippen MR) is 50.0 cm³/mol. The van der Waals surface area contributed by atoms with Crippen molar-refractivity contribution >= 4 is 11.9 Å². The number of hydrogen-bond acceptors (Lipinski definition) is 4. The molecule has 14 heavy (non-hydrogen) atoms. The number of rotatable bonds is 4. The molecule has 1 fully saturated rings. The topological polar surface area (TPSA) is 66.3 Å². The summed E-state index contributed by atoms with van der Waals surface area (Å²) >= 11 is 0. The number of carboxylic acid groups (broad SMARTS) is 1. The van der Waals surface area contributed by atoms with Crippen LogP contribution in [0.5, 0.6) is 0 Å². The highest BCUT2D eigenvalue weighted by Gasteiger charge is 2.31. The maximum atomic E-state index is 10.6. The number of hydrogen-bond donors (Lipinski definition) is 1. The Balaban J connectivity index is 2.14. The fourth-order valence-corrected chi connectivity index (χ4v) is 1.33. The molecule has 74 valence electrons. The van der Waals surface area contributed by atoms with Crippen LogP contribution in [0.1, 0.15) is 12.8 Å². The molecule has 1 aliphatic carbocycles. The average molecular weight is 193 g/mol. The molecule has 0 saturated heterocycles. The summed E-state index contributed by atoms with van der Waals surface area (Å²) in [5.41, 5.74) is 0. The molecule has 1 N–H and O–H groups in total. The summed E-state index contributed by atoms with van der Waals surface area (Å²) in [5, 5.41) is 8.72. The van der Waals surface area contributed by atoms with Crippen molar-refractivity contribution < 1.29 is 9.90 Å². The van der Waals surface area contributed by atoms with Gasteiger partial charge in [0.05, 0.1) is 0 Å². The molecule has 5 nitrogen and oxygen atoms in total. The van der Waals surface area contributed by atoms with Gasteiger partial charge in [0, 0.05) is 18.4 Å². The minimum atomic E-state index is -0.843. The first-order valence-electron chi connectivity index (χ1n) is 4.53. The first-order valence-corrected chi connectivity index (χ1v) is 4.53. The number of carboxylic acids is 1. The molecule has 0 bridgehead atoms. The van der Waals surface area contributed by atoms with Crippen LogP contribution in [0.3, 0.4) is 0 Å². The van der Waals surface area contributed by atoms with Crippen LogP contribution >= 0.6 is 0 Å². The van der Waals surface area contributed by atoms with Gasteiger partial charge in [-0.3, -0.25) is 4.79 Å². The molecule has 0 unspecified atom stereocenters. The van der Waals surface area contributed by atoms with Crippen molar-refractivity contribution in [3.05, 3.63) is 18.5 Å². The van der Waals surface area contributed by atoms with E-state index in [1.165, 1.54) is 0 Å². The summed E-state index contributed by atoms with van der Waals surface area (Å²) in [7, 11) is 0. The average Bonchev–Trinajstić information content (AvgIpc) is 2.99. The number of carbonyl (C=O) groups is 1. The minimum Gasteiger partial charge on any atom is -0.480 e. The molecular weight excluding hydrogens is 182 g/mol. The molecule has 2 rings (SSSR count). The molecule has 1 saturated carbocycles. The smallest absolute Gasteiger partial charge is 0.323 e. The molecule has 1 aromatic heterocycles. The second-order valence-corrected chi connectivity index (χ2v) is 3.30. The zero-order chi connectivity index (χ0) is 9.97. The summed E-state index contributed by atoms with van der Waals surface area (Å²) in [5.74, 6) is -0.332. The van der Waals surface area contributed by atoms with Gasteiger partial charge in [0.15, 0.2) is 0 Å². The normalized spacial score (nSPS) is 15.1. The molecular formula is C9H11N3O2. The van der Waals surface area contributed by atoms with Crippen LogP contribution in [-0.2, 0) is 4.79 Å². The molecule has 0 aliphatic heterocycles. The van der Waals surface area contributed by atoms with Gasteiger partial charge in [-0.05, 0) is 18.9 Å². The summed E-state index contributed by atoms with van der Waals surface area (Å²) in [4.78, 5) is 20.4. The van der Waals surface area contributed by atoms with Gasteiger partial charge in [-0.25, -0.2) is 9.97 Å². The summed E-state index contributed by atoms with van der Waals surface area (Å²) < 4.78 is 0. The van der Waals surface area contributed by atoms with Gasteiger partial charge in [0.2, 0.25) is 5.95 Å². The highest BCUT2D eigenvalue weighted by molar-refractivity contribution is 5.73. The molecule has 0 aromatic carbocycles. The molecule has 0 spiro atoms. The van der Waals surface area contributed by atoms with Crippen molar-refractivity contribution in [3.8, 4) is 0 Å². The first-order chi connectivity index (χ1) is 6.77. The Bertz CT molecular complexity index is 324. The largest absolute Gasteiger partial charge is 0.480 e. The second kappa shape index (κ2) is 3.61. The first kappa shape index (κ1) is 8.93. The van der Waals surface area contributed by atoms with Gasteiger partial charge in [0.1, 0.15) is 6.54 Å². The maximum absolute atomic E-state index is 10.6. The summed E-state index contributed by atoms with van der Waals surface area (Å²) in [6.45, 7) is -0.0192. The van der Waals surface area contributed by atoms with Crippen LogP contribution in [0.4, 0.5) is 5.95 Å². The minimum absolute atomic E-state index is 0.0192. The molecule has 1 aromatic rings. The van der Waals surface area contributed by atoms with Gasteiger partial charge in [-0.1, -0.05) is 0 Å². The van der Waals surface area contributed by atoms with E-state index in [2.05, 4.69) is 9.97 Å². The zero-order valence-corrected chi connectivity index (χ0v) is 7.63. The third-order valence-electron chi connectivity index (χ3n) is 2.10. The lowest BCUT2D eigenvalue weighted by Gasteiger charge is -2.19. The Kier molecular flexibility index (Phi) is 2.30. The van der Waals surface area contributed by atoms with E-state index in [0.717, 1.165) is 12.8 Å². The van der Waals surface area contributed by atoms with Gasteiger partial charge < -0.3 is 10.0 Å². The van der Waals surface area contributed by atoms with Crippen LogP contribution in [0.2, 0.25) is 0 Å². The van der Waals surface area contributed by atoms with E-state index in [1.807, 2.05) is 0 Å². The fraction of sp³-hybridized carbons (Fsp3) is 0.444. The molecule has 0 radical (unpaired) electrons. The van der Waals surface area contributed by atoms with Gasteiger partial charge in [-0.2, -0.15) is 0 Å². The molecule has 5 heteroatoms. The van der Waals surface area contributed by atoms with Crippen LogP contribution in [0.25, 0.3) is 0 Å². The van der Waals surface area contributed by atoms with Crippen molar-refractivity contribution in [2.24, 2.45) is 0 Å². The van der Waals surface area contributed by atoms with Gasteiger partial charge in [0.25, 0.3) is 0 Å². The van der Waals surface area contributed by atoms with Crippen LogP contribution < -0.4 is 4.90 Å². The van der Waals surface area contributed by atoms with Crippen molar-refractivity contribution in [2.45, 2.75) is 18.9 Å². The third-order valence-corrected chi connectivity index (χ3v) is 2.10. The van der Waals surface area contributed by atoms with Crippen LogP contribution in [0.15, 0.2) is 18.5 Å². The maximum Gasteiger partial charge on any atom is 0.323 e. The third kappa shape index (κ3) is 1.99. The Morgan fingerprint density at radius 3 is 2.64 bits per heavy atom. The molecule has 0 atom stereocenters. The molecule has 1 aliphatic rings. The highest BCUT2D eigenvalue weighted by Crippen LogP contribution is 2.28. The van der Waals surface area contributed by atoms with E-state index in [-0.39, 0.29) is 6.54 Å². The van der Waals surface area contributed by atoms with Crippen LogP contribution in [0, 0.1) is 0 Å². The van der Waals surface area contributed by atoms with E-state index in [4.69, 9.17) is 5.11 Å². The van der Waals surface area contributed by atoms with E-state index >= 15 is 0 Å². The van der Waals surface area contributed by atoms with Crippen molar-refractivity contribution in [1.82, 2.24) is 9.97 Å². The van der Waals surface area contributed by atoms with E-state index in [1.54, 1.807) is 23.4 Å². The van der Waals surface area contributed by atoms with E-state index in [9.17, 15) is 4.79 Å². The SMILES string of the molecule is O=C(O)CN(c1ncccn1)C1CC1. The number of nitrogens with zero attached hydrogens (tertiary/aromatic N) is 3. The Labute approximate surface area is 81.4 Å².